The SMILES string of the molecule is COc1ccc(NC(=O)/C(C#N)=C\Nc2cccc3c(O)cccc23)cc1. The normalized spacial score (nSPS) is 10.9. The van der Waals surface area contributed by atoms with Gasteiger partial charge in [-0.25, -0.2) is 0 Å². The molecule has 6 nitrogen and oxygen atoms in total. The quantitative estimate of drug-likeness (QED) is 0.473. The number of methoxy groups -OCH3 is 1. The Kier molecular flexibility index (Phi) is 5.24. The summed E-state index contributed by atoms with van der Waals surface area (Å²) in [6, 6.07) is 19.2. The second-order valence-electron chi connectivity index (χ2n) is 5.67. The van der Waals surface area contributed by atoms with Gasteiger partial charge in [-0.3, -0.25) is 4.79 Å². The van der Waals surface area contributed by atoms with Crippen molar-refractivity contribution in [3.63, 3.8) is 0 Å². The van der Waals surface area contributed by atoms with Crippen molar-refractivity contribution in [3.8, 4) is 17.6 Å². The molecule has 0 radical (unpaired) electrons. The lowest BCUT2D eigenvalue weighted by atomic mass is 10.1. The molecule has 3 aromatic carbocycles. The maximum absolute atomic E-state index is 12.3. The van der Waals surface area contributed by atoms with Crippen molar-refractivity contribution in [2.45, 2.75) is 0 Å². The predicted octanol–water partition coefficient (Wildman–Crippen LogP) is 4.01. The van der Waals surface area contributed by atoms with Crippen LogP contribution >= 0.6 is 0 Å². The van der Waals surface area contributed by atoms with Crippen molar-refractivity contribution >= 4 is 28.1 Å². The Hall–Kier alpha value is -3.98. The highest BCUT2D eigenvalue weighted by Gasteiger charge is 2.10. The first kappa shape index (κ1) is 17.8. The zero-order chi connectivity index (χ0) is 19.2. The summed E-state index contributed by atoms with van der Waals surface area (Å²) in [6.45, 7) is 0. The minimum absolute atomic E-state index is 0.0806. The number of benzene rings is 3. The molecule has 3 rings (SSSR count). The molecule has 3 N–H and O–H groups in total. The van der Waals surface area contributed by atoms with Gasteiger partial charge in [-0.1, -0.05) is 24.3 Å². The molecule has 0 aliphatic carbocycles. The molecular weight excluding hydrogens is 342 g/mol. The summed E-state index contributed by atoms with van der Waals surface area (Å²) in [7, 11) is 1.56. The zero-order valence-electron chi connectivity index (χ0n) is 14.6. The summed E-state index contributed by atoms with van der Waals surface area (Å²) < 4.78 is 5.07. The van der Waals surface area contributed by atoms with Crippen LogP contribution in [0.15, 0.2) is 72.4 Å². The van der Waals surface area contributed by atoms with Crippen molar-refractivity contribution in [2.75, 3.05) is 17.7 Å². The van der Waals surface area contributed by atoms with Crippen molar-refractivity contribution in [2.24, 2.45) is 0 Å². The van der Waals surface area contributed by atoms with Crippen molar-refractivity contribution < 1.29 is 14.6 Å². The molecule has 134 valence electrons. The fraction of sp³-hybridized carbons (Fsp3) is 0.0476. The number of nitrogens with one attached hydrogen (secondary N) is 2. The van der Waals surface area contributed by atoms with E-state index in [0.29, 0.717) is 22.5 Å². The number of phenolic OH excluding ortho intramolecular Hbond substituents is 1. The smallest absolute Gasteiger partial charge is 0.267 e. The lowest BCUT2D eigenvalue weighted by Crippen LogP contribution is -2.14. The van der Waals surface area contributed by atoms with Gasteiger partial charge in [0.05, 0.1) is 7.11 Å². The number of nitrogens with zero attached hydrogens (tertiary/aromatic N) is 1. The standard InChI is InChI=1S/C21H17N3O3/c1-27-16-10-8-15(9-11-16)24-21(26)14(12-22)13-23-19-6-2-5-18-17(19)4-3-7-20(18)25/h2-11,13,23,25H,1H3,(H,24,26)/b14-13-. The average Bonchev–Trinajstić information content (AvgIpc) is 2.69. The molecule has 0 aliphatic heterocycles. The van der Waals surface area contributed by atoms with Gasteiger partial charge < -0.3 is 20.5 Å². The van der Waals surface area contributed by atoms with E-state index in [4.69, 9.17) is 4.74 Å². The minimum Gasteiger partial charge on any atom is -0.507 e. The monoisotopic (exact) mass is 359 g/mol. The molecule has 0 heterocycles. The van der Waals surface area contributed by atoms with E-state index in [1.165, 1.54) is 6.20 Å². The number of hydrogen-bond donors (Lipinski definition) is 3. The van der Waals surface area contributed by atoms with Crippen LogP contribution in [0.4, 0.5) is 11.4 Å². The highest BCUT2D eigenvalue weighted by atomic mass is 16.5. The molecule has 0 fully saturated rings. The molecular formula is C21H17N3O3. The second kappa shape index (κ2) is 7.93. The van der Waals surface area contributed by atoms with Crippen LogP contribution in [0.1, 0.15) is 0 Å². The largest absolute Gasteiger partial charge is 0.507 e. The van der Waals surface area contributed by atoms with Crippen molar-refractivity contribution in [3.05, 3.63) is 72.4 Å². The number of carbonyl (C=O) groups excluding carboxylic acids is 1. The third-order valence-electron chi connectivity index (χ3n) is 3.98. The van der Waals surface area contributed by atoms with Crippen LogP contribution in [-0.2, 0) is 4.79 Å². The van der Waals surface area contributed by atoms with E-state index in [2.05, 4.69) is 10.6 Å². The van der Waals surface area contributed by atoms with Gasteiger partial charge in [0.15, 0.2) is 0 Å². The Balaban J connectivity index is 1.79. The first-order chi connectivity index (χ1) is 13.1. The number of phenols is 1. The van der Waals surface area contributed by atoms with Crippen LogP contribution < -0.4 is 15.4 Å². The summed E-state index contributed by atoms with van der Waals surface area (Å²) in [5.74, 6) is 0.307. The van der Waals surface area contributed by atoms with Gasteiger partial charge in [0, 0.05) is 28.3 Å². The van der Waals surface area contributed by atoms with E-state index < -0.39 is 5.91 Å². The van der Waals surface area contributed by atoms with Gasteiger partial charge >= 0.3 is 0 Å². The zero-order valence-corrected chi connectivity index (χ0v) is 14.6. The average molecular weight is 359 g/mol. The summed E-state index contributed by atoms with van der Waals surface area (Å²) in [6.07, 6.45) is 1.34. The van der Waals surface area contributed by atoms with Crippen LogP contribution in [0.5, 0.6) is 11.5 Å². The molecule has 0 saturated carbocycles. The number of rotatable bonds is 5. The number of anilines is 2. The lowest BCUT2D eigenvalue weighted by Gasteiger charge is -2.09. The van der Waals surface area contributed by atoms with Gasteiger partial charge in [0.25, 0.3) is 5.91 Å². The Morgan fingerprint density at radius 3 is 2.48 bits per heavy atom. The van der Waals surface area contributed by atoms with E-state index >= 15 is 0 Å². The summed E-state index contributed by atoms with van der Waals surface area (Å²) >= 11 is 0. The van der Waals surface area contributed by atoms with Crippen LogP contribution in [-0.4, -0.2) is 18.1 Å². The third kappa shape index (κ3) is 3.99. The summed E-state index contributed by atoms with van der Waals surface area (Å²) in [4.78, 5) is 12.3. The highest BCUT2D eigenvalue weighted by molar-refractivity contribution is 6.07. The number of aromatic hydroxyl groups is 1. The molecule has 0 saturated heterocycles. The van der Waals surface area contributed by atoms with E-state index in [1.54, 1.807) is 61.7 Å². The van der Waals surface area contributed by atoms with E-state index in [9.17, 15) is 15.2 Å². The molecule has 1 amide bonds. The van der Waals surface area contributed by atoms with E-state index in [1.807, 2.05) is 12.1 Å². The lowest BCUT2D eigenvalue weighted by molar-refractivity contribution is -0.112. The molecule has 0 unspecified atom stereocenters. The van der Waals surface area contributed by atoms with Crippen LogP contribution in [0, 0.1) is 11.3 Å². The number of amides is 1. The molecule has 0 aliphatic rings. The topological polar surface area (TPSA) is 94.4 Å². The third-order valence-corrected chi connectivity index (χ3v) is 3.98. The fourth-order valence-electron chi connectivity index (χ4n) is 2.59. The van der Waals surface area contributed by atoms with E-state index in [0.717, 1.165) is 5.39 Å². The van der Waals surface area contributed by atoms with Crippen molar-refractivity contribution in [1.82, 2.24) is 0 Å². The Morgan fingerprint density at radius 2 is 1.78 bits per heavy atom. The number of ether oxygens (including phenoxy) is 1. The Morgan fingerprint density at radius 1 is 1.07 bits per heavy atom. The van der Waals surface area contributed by atoms with Crippen LogP contribution in [0.25, 0.3) is 10.8 Å². The first-order valence-corrected chi connectivity index (χ1v) is 8.15. The number of carbonyl (C=O) groups is 1. The Labute approximate surface area is 156 Å². The van der Waals surface area contributed by atoms with E-state index in [-0.39, 0.29) is 11.3 Å². The van der Waals surface area contributed by atoms with Crippen molar-refractivity contribution in [1.29, 1.82) is 5.26 Å². The molecule has 27 heavy (non-hydrogen) atoms. The predicted molar refractivity (Wildman–Crippen MR) is 105 cm³/mol. The van der Waals surface area contributed by atoms with Gasteiger partial charge in [-0.05, 0) is 36.4 Å². The molecule has 0 atom stereocenters. The number of nitriles is 1. The number of fused-ring (bicyclic) bond motifs is 1. The summed E-state index contributed by atoms with van der Waals surface area (Å²) in [5.41, 5.74) is 1.15. The maximum Gasteiger partial charge on any atom is 0.267 e. The Bertz CT molecular complexity index is 1050. The summed E-state index contributed by atoms with van der Waals surface area (Å²) in [5, 5.41) is 26.3. The molecule has 0 bridgehead atoms. The molecule has 6 heteroatoms. The first-order valence-electron chi connectivity index (χ1n) is 8.15. The molecule has 3 aromatic rings. The van der Waals surface area contributed by atoms with Gasteiger partial charge in [0.1, 0.15) is 23.1 Å². The maximum atomic E-state index is 12.3. The highest BCUT2D eigenvalue weighted by Crippen LogP contribution is 2.29. The molecule has 0 aromatic heterocycles. The minimum atomic E-state index is -0.529. The van der Waals surface area contributed by atoms with Gasteiger partial charge in [0.2, 0.25) is 0 Å². The number of hydrogen-bond acceptors (Lipinski definition) is 5. The van der Waals surface area contributed by atoms with Gasteiger partial charge in [-0.2, -0.15) is 5.26 Å². The van der Waals surface area contributed by atoms with Crippen LogP contribution in [0.3, 0.4) is 0 Å². The molecule has 0 spiro atoms. The van der Waals surface area contributed by atoms with Gasteiger partial charge in [-0.15, -0.1) is 0 Å². The fourth-order valence-corrected chi connectivity index (χ4v) is 2.59. The second-order valence-corrected chi connectivity index (χ2v) is 5.67. The van der Waals surface area contributed by atoms with Crippen LogP contribution in [0.2, 0.25) is 0 Å².